The number of rotatable bonds is 4. The van der Waals surface area contributed by atoms with Crippen LogP contribution < -0.4 is 15.2 Å². The Hall–Kier alpha value is -2.23. The van der Waals surface area contributed by atoms with E-state index in [9.17, 15) is 0 Å². The summed E-state index contributed by atoms with van der Waals surface area (Å²) in [5.74, 6) is 2.08. The Morgan fingerprint density at radius 2 is 1.76 bits per heavy atom. The standard InChI is InChI=1S/C13H14N2O2/c1-16-11-5-7-12(8-6-11)17-9-10-3-2-4-13(14)15-10/h2-8H,9H2,1H3,(H2,14,15). The highest BCUT2D eigenvalue weighted by Gasteiger charge is 1.98. The first-order valence-corrected chi connectivity index (χ1v) is 5.26. The molecule has 4 heteroatoms. The Morgan fingerprint density at radius 3 is 2.41 bits per heavy atom. The summed E-state index contributed by atoms with van der Waals surface area (Å²) >= 11 is 0. The van der Waals surface area contributed by atoms with Crippen molar-refractivity contribution in [2.75, 3.05) is 12.8 Å². The Morgan fingerprint density at radius 1 is 1.06 bits per heavy atom. The van der Waals surface area contributed by atoms with Crippen LogP contribution in [0, 0.1) is 0 Å². The summed E-state index contributed by atoms with van der Waals surface area (Å²) < 4.78 is 10.6. The molecule has 17 heavy (non-hydrogen) atoms. The molecule has 0 fully saturated rings. The molecule has 0 aliphatic rings. The average Bonchev–Trinajstić information content (AvgIpc) is 2.37. The maximum absolute atomic E-state index is 5.58. The summed E-state index contributed by atoms with van der Waals surface area (Å²) in [6.07, 6.45) is 0. The number of aromatic nitrogens is 1. The number of nitrogens with zero attached hydrogens (tertiary/aromatic N) is 1. The molecule has 0 amide bonds. The molecule has 0 aliphatic heterocycles. The number of pyridine rings is 1. The molecule has 0 spiro atoms. The first-order chi connectivity index (χ1) is 8.28. The third kappa shape index (κ3) is 3.11. The van der Waals surface area contributed by atoms with Crippen molar-refractivity contribution in [2.24, 2.45) is 0 Å². The van der Waals surface area contributed by atoms with Crippen molar-refractivity contribution in [1.29, 1.82) is 0 Å². The maximum atomic E-state index is 5.58. The van der Waals surface area contributed by atoms with Crippen LogP contribution in [-0.2, 0) is 6.61 Å². The van der Waals surface area contributed by atoms with Gasteiger partial charge < -0.3 is 15.2 Å². The molecule has 0 atom stereocenters. The summed E-state index contributed by atoms with van der Waals surface area (Å²) in [7, 11) is 1.63. The van der Waals surface area contributed by atoms with Crippen molar-refractivity contribution in [1.82, 2.24) is 4.98 Å². The fraction of sp³-hybridized carbons (Fsp3) is 0.154. The number of hydrogen-bond donors (Lipinski definition) is 1. The number of anilines is 1. The highest BCUT2D eigenvalue weighted by Crippen LogP contribution is 2.17. The van der Waals surface area contributed by atoms with Crippen molar-refractivity contribution in [2.45, 2.75) is 6.61 Å². The van der Waals surface area contributed by atoms with E-state index >= 15 is 0 Å². The predicted molar refractivity (Wildman–Crippen MR) is 66.0 cm³/mol. The van der Waals surface area contributed by atoms with Crippen LogP contribution in [0.15, 0.2) is 42.5 Å². The lowest BCUT2D eigenvalue weighted by Gasteiger charge is -2.06. The van der Waals surface area contributed by atoms with Gasteiger partial charge in [0.25, 0.3) is 0 Å². The van der Waals surface area contributed by atoms with E-state index in [-0.39, 0.29) is 0 Å². The monoisotopic (exact) mass is 230 g/mol. The van der Waals surface area contributed by atoms with Crippen molar-refractivity contribution in [3.05, 3.63) is 48.2 Å². The molecule has 0 saturated heterocycles. The lowest BCUT2D eigenvalue weighted by atomic mass is 10.3. The number of hydrogen-bond acceptors (Lipinski definition) is 4. The predicted octanol–water partition coefficient (Wildman–Crippen LogP) is 2.25. The van der Waals surface area contributed by atoms with Gasteiger partial charge in [-0.05, 0) is 36.4 Å². The van der Waals surface area contributed by atoms with E-state index in [1.165, 1.54) is 0 Å². The molecule has 0 radical (unpaired) electrons. The van der Waals surface area contributed by atoms with E-state index in [0.717, 1.165) is 17.2 Å². The minimum absolute atomic E-state index is 0.400. The van der Waals surface area contributed by atoms with E-state index in [2.05, 4.69) is 4.98 Å². The Bertz CT molecular complexity index is 483. The second-order valence-electron chi connectivity index (χ2n) is 3.52. The molecule has 0 aliphatic carbocycles. The fourth-order valence-electron chi connectivity index (χ4n) is 1.41. The minimum atomic E-state index is 0.400. The zero-order valence-electron chi connectivity index (χ0n) is 9.59. The first-order valence-electron chi connectivity index (χ1n) is 5.26. The topological polar surface area (TPSA) is 57.4 Å². The molecule has 2 aromatic rings. The van der Waals surface area contributed by atoms with Gasteiger partial charge in [0.15, 0.2) is 0 Å². The van der Waals surface area contributed by atoms with Gasteiger partial charge in [-0.3, -0.25) is 0 Å². The number of nitrogens with two attached hydrogens (primary N) is 1. The lowest BCUT2D eigenvalue weighted by Crippen LogP contribution is -2.00. The van der Waals surface area contributed by atoms with Crippen molar-refractivity contribution in [3.63, 3.8) is 0 Å². The Kier molecular flexibility index (Phi) is 3.45. The number of ether oxygens (including phenoxy) is 2. The maximum Gasteiger partial charge on any atom is 0.130 e. The summed E-state index contributed by atoms with van der Waals surface area (Å²) in [6.45, 7) is 0.400. The molecule has 1 aromatic heterocycles. The van der Waals surface area contributed by atoms with Gasteiger partial charge in [0, 0.05) is 0 Å². The summed E-state index contributed by atoms with van der Waals surface area (Å²) in [5, 5.41) is 0. The Balaban J connectivity index is 1.97. The third-order valence-electron chi connectivity index (χ3n) is 2.27. The minimum Gasteiger partial charge on any atom is -0.497 e. The number of methoxy groups -OCH3 is 1. The quantitative estimate of drug-likeness (QED) is 0.875. The van der Waals surface area contributed by atoms with Crippen molar-refractivity contribution < 1.29 is 9.47 Å². The van der Waals surface area contributed by atoms with Crippen LogP contribution in [0.3, 0.4) is 0 Å². The van der Waals surface area contributed by atoms with Crippen LogP contribution in [0.4, 0.5) is 5.82 Å². The van der Waals surface area contributed by atoms with E-state index in [4.69, 9.17) is 15.2 Å². The molecule has 88 valence electrons. The van der Waals surface area contributed by atoms with E-state index in [1.54, 1.807) is 13.2 Å². The molecule has 2 rings (SSSR count). The van der Waals surface area contributed by atoms with Crippen LogP contribution in [0.2, 0.25) is 0 Å². The van der Waals surface area contributed by atoms with Gasteiger partial charge in [-0.1, -0.05) is 6.07 Å². The molecule has 0 unspecified atom stereocenters. The van der Waals surface area contributed by atoms with Gasteiger partial charge in [-0.25, -0.2) is 4.98 Å². The fourth-order valence-corrected chi connectivity index (χ4v) is 1.41. The molecular weight excluding hydrogens is 216 g/mol. The molecule has 4 nitrogen and oxygen atoms in total. The van der Waals surface area contributed by atoms with Crippen LogP contribution in [0.5, 0.6) is 11.5 Å². The highest BCUT2D eigenvalue weighted by atomic mass is 16.5. The average molecular weight is 230 g/mol. The van der Waals surface area contributed by atoms with Gasteiger partial charge in [0.2, 0.25) is 0 Å². The van der Waals surface area contributed by atoms with Gasteiger partial charge in [0.05, 0.1) is 12.8 Å². The van der Waals surface area contributed by atoms with Gasteiger partial charge in [-0.15, -0.1) is 0 Å². The van der Waals surface area contributed by atoms with Crippen LogP contribution in [0.25, 0.3) is 0 Å². The first kappa shape index (κ1) is 11.3. The smallest absolute Gasteiger partial charge is 0.130 e. The second-order valence-corrected chi connectivity index (χ2v) is 3.52. The van der Waals surface area contributed by atoms with E-state index < -0.39 is 0 Å². The largest absolute Gasteiger partial charge is 0.497 e. The summed E-state index contributed by atoms with van der Waals surface area (Å²) in [5.41, 5.74) is 6.39. The highest BCUT2D eigenvalue weighted by molar-refractivity contribution is 5.32. The van der Waals surface area contributed by atoms with Gasteiger partial charge in [0.1, 0.15) is 23.9 Å². The number of nitrogen functional groups attached to an aromatic ring is 1. The van der Waals surface area contributed by atoms with Gasteiger partial charge in [-0.2, -0.15) is 0 Å². The van der Waals surface area contributed by atoms with Crippen molar-refractivity contribution >= 4 is 5.82 Å². The molecule has 1 heterocycles. The van der Waals surface area contributed by atoms with Crippen LogP contribution in [-0.4, -0.2) is 12.1 Å². The molecular formula is C13H14N2O2. The van der Waals surface area contributed by atoms with E-state index in [0.29, 0.717) is 12.4 Å². The zero-order valence-corrected chi connectivity index (χ0v) is 9.59. The van der Waals surface area contributed by atoms with Crippen LogP contribution in [0.1, 0.15) is 5.69 Å². The number of benzene rings is 1. The normalized spacial score (nSPS) is 9.94. The Labute approximate surface area is 100 Å². The SMILES string of the molecule is COc1ccc(OCc2cccc(N)n2)cc1. The lowest BCUT2D eigenvalue weighted by molar-refractivity contribution is 0.301. The van der Waals surface area contributed by atoms with Crippen molar-refractivity contribution in [3.8, 4) is 11.5 Å². The molecule has 0 saturated carbocycles. The molecule has 1 aromatic carbocycles. The summed E-state index contributed by atoms with van der Waals surface area (Å²) in [4.78, 5) is 4.15. The molecule has 0 bridgehead atoms. The third-order valence-corrected chi connectivity index (χ3v) is 2.27. The van der Waals surface area contributed by atoms with E-state index in [1.807, 2.05) is 36.4 Å². The molecule has 2 N–H and O–H groups in total. The zero-order chi connectivity index (χ0) is 12.1. The summed E-state index contributed by atoms with van der Waals surface area (Å²) in [6, 6.07) is 12.9. The van der Waals surface area contributed by atoms with Gasteiger partial charge >= 0.3 is 0 Å². The second kappa shape index (κ2) is 5.21. The van der Waals surface area contributed by atoms with Crippen LogP contribution >= 0.6 is 0 Å².